The number of halogens is 1. The van der Waals surface area contributed by atoms with Gasteiger partial charge in [0.25, 0.3) is 5.91 Å². The van der Waals surface area contributed by atoms with Crippen LogP contribution in [-0.2, 0) is 0 Å². The number of hydrogen-bond acceptors (Lipinski definition) is 4. The Morgan fingerprint density at radius 2 is 1.85 bits per heavy atom. The molecule has 0 bridgehead atoms. The van der Waals surface area contributed by atoms with Crippen molar-refractivity contribution in [2.24, 2.45) is 0 Å². The number of likely N-dealkylation sites (N-methyl/N-ethyl adjacent to an activating group) is 1. The average molecular weight is 411 g/mol. The number of nitrogens with zero attached hydrogens (tertiary/aromatic N) is 4. The van der Waals surface area contributed by atoms with E-state index in [1.54, 1.807) is 6.20 Å². The lowest BCUT2D eigenvalue weighted by molar-refractivity contribution is 0.0664. The summed E-state index contributed by atoms with van der Waals surface area (Å²) < 4.78 is 0.911. The van der Waals surface area contributed by atoms with Crippen molar-refractivity contribution in [3.63, 3.8) is 0 Å². The summed E-state index contributed by atoms with van der Waals surface area (Å²) in [5.41, 5.74) is 4.02. The smallest absolute Gasteiger partial charge is 0.253 e. The maximum absolute atomic E-state index is 12.8. The minimum Gasteiger partial charge on any atom is -0.336 e. The Labute approximate surface area is 160 Å². The summed E-state index contributed by atoms with van der Waals surface area (Å²) in [7, 11) is 2.08. The SMILES string of the molecule is CN1CCN(C(=O)c2cccc(-c3cnc4cccc(Br)c4n3)c2)CC1. The van der Waals surface area contributed by atoms with Crippen LogP contribution in [0.1, 0.15) is 10.4 Å². The van der Waals surface area contributed by atoms with Gasteiger partial charge >= 0.3 is 0 Å². The maximum atomic E-state index is 12.8. The van der Waals surface area contributed by atoms with E-state index in [0.717, 1.165) is 52.9 Å². The van der Waals surface area contributed by atoms with E-state index in [-0.39, 0.29) is 5.91 Å². The monoisotopic (exact) mass is 410 g/mol. The van der Waals surface area contributed by atoms with E-state index in [0.29, 0.717) is 5.56 Å². The third-order valence-electron chi connectivity index (χ3n) is 4.72. The molecule has 5 nitrogen and oxygen atoms in total. The Bertz CT molecular complexity index is 967. The first kappa shape index (κ1) is 17.1. The minimum absolute atomic E-state index is 0.0786. The summed E-state index contributed by atoms with van der Waals surface area (Å²) in [5.74, 6) is 0.0786. The van der Waals surface area contributed by atoms with Gasteiger partial charge in [0.2, 0.25) is 0 Å². The highest BCUT2D eigenvalue weighted by Gasteiger charge is 2.20. The summed E-state index contributed by atoms with van der Waals surface area (Å²) in [4.78, 5) is 26.2. The van der Waals surface area contributed by atoms with Gasteiger partial charge in [0.15, 0.2) is 0 Å². The number of fused-ring (bicyclic) bond motifs is 1. The van der Waals surface area contributed by atoms with Gasteiger partial charge in [-0.15, -0.1) is 0 Å². The van der Waals surface area contributed by atoms with Crippen LogP contribution in [0.5, 0.6) is 0 Å². The fourth-order valence-electron chi connectivity index (χ4n) is 3.14. The zero-order valence-corrected chi connectivity index (χ0v) is 16.1. The van der Waals surface area contributed by atoms with Crippen LogP contribution in [0, 0.1) is 0 Å². The van der Waals surface area contributed by atoms with Crippen molar-refractivity contribution >= 4 is 32.9 Å². The number of amides is 1. The van der Waals surface area contributed by atoms with Gasteiger partial charge in [0.1, 0.15) is 5.52 Å². The number of hydrogen-bond donors (Lipinski definition) is 0. The Kier molecular flexibility index (Phi) is 4.70. The minimum atomic E-state index is 0.0786. The van der Waals surface area contributed by atoms with Crippen LogP contribution in [-0.4, -0.2) is 58.9 Å². The fraction of sp³-hybridized carbons (Fsp3) is 0.250. The standard InChI is InChI=1S/C20H19BrN4O/c1-24-8-10-25(11-9-24)20(26)15-5-2-4-14(12-15)18-13-22-17-7-3-6-16(21)19(17)23-18/h2-7,12-13H,8-11H2,1H3. The van der Waals surface area contributed by atoms with E-state index in [9.17, 15) is 4.79 Å². The molecule has 0 radical (unpaired) electrons. The van der Waals surface area contributed by atoms with Crippen LogP contribution >= 0.6 is 15.9 Å². The Morgan fingerprint density at radius 1 is 1.08 bits per heavy atom. The molecule has 0 atom stereocenters. The van der Waals surface area contributed by atoms with Crippen LogP contribution in [0.25, 0.3) is 22.3 Å². The van der Waals surface area contributed by atoms with Crippen molar-refractivity contribution in [3.05, 3.63) is 58.7 Å². The number of piperazine rings is 1. The van der Waals surface area contributed by atoms with Gasteiger partial charge in [-0.2, -0.15) is 0 Å². The molecule has 1 aliphatic heterocycles. The topological polar surface area (TPSA) is 49.3 Å². The van der Waals surface area contributed by atoms with Crippen LogP contribution in [0.15, 0.2) is 53.1 Å². The van der Waals surface area contributed by atoms with E-state index in [1.165, 1.54) is 0 Å². The predicted octanol–water partition coefficient (Wildman–Crippen LogP) is 3.45. The number of para-hydroxylation sites is 1. The van der Waals surface area contributed by atoms with E-state index in [4.69, 9.17) is 4.98 Å². The third kappa shape index (κ3) is 3.34. The Balaban J connectivity index is 1.65. The highest BCUT2D eigenvalue weighted by molar-refractivity contribution is 9.10. The molecule has 1 aromatic heterocycles. The molecule has 0 unspecified atom stereocenters. The summed E-state index contributed by atoms with van der Waals surface area (Å²) in [6, 6.07) is 13.5. The normalized spacial score (nSPS) is 15.4. The van der Waals surface area contributed by atoms with Crippen molar-refractivity contribution in [3.8, 4) is 11.3 Å². The van der Waals surface area contributed by atoms with Gasteiger partial charge in [-0.1, -0.05) is 18.2 Å². The molecule has 0 N–H and O–H groups in total. The first-order chi connectivity index (χ1) is 12.6. The molecule has 0 aliphatic carbocycles. The van der Waals surface area contributed by atoms with Gasteiger partial charge < -0.3 is 9.80 Å². The van der Waals surface area contributed by atoms with E-state index in [2.05, 4.69) is 32.9 Å². The first-order valence-corrected chi connectivity index (χ1v) is 9.40. The molecule has 26 heavy (non-hydrogen) atoms. The second-order valence-electron chi connectivity index (χ2n) is 6.54. The predicted molar refractivity (Wildman–Crippen MR) is 106 cm³/mol. The van der Waals surface area contributed by atoms with Crippen molar-refractivity contribution in [1.82, 2.24) is 19.8 Å². The zero-order valence-electron chi connectivity index (χ0n) is 14.5. The molecular weight excluding hydrogens is 392 g/mol. The molecule has 1 saturated heterocycles. The lowest BCUT2D eigenvalue weighted by Gasteiger charge is -2.32. The summed E-state index contributed by atoms with van der Waals surface area (Å²) in [5, 5.41) is 0. The van der Waals surface area contributed by atoms with E-state index < -0.39 is 0 Å². The number of benzene rings is 2. The van der Waals surface area contributed by atoms with Crippen molar-refractivity contribution in [2.45, 2.75) is 0 Å². The third-order valence-corrected chi connectivity index (χ3v) is 5.36. The van der Waals surface area contributed by atoms with Crippen molar-refractivity contribution in [1.29, 1.82) is 0 Å². The Hall–Kier alpha value is -2.31. The number of rotatable bonds is 2. The van der Waals surface area contributed by atoms with Gasteiger partial charge in [0, 0.05) is 41.8 Å². The summed E-state index contributed by atoms with van der Waals surface area (Å²) >= 11 is 3.53. The van der Waals surface area contributed by atoms with Crippen LogP contribution in [0.2, 0.25) is 0 Å². The second-order valence-corrected chi connectivity index (χ2v) is 7.39. The molecular formula is C20H19BrN4O. The molecule has 0 saturated carbocycles. The zero-order chi connectivity index (χ0) is 18.1. The average Bonchev–Trinajstić information content (AvgIpc) is 2.68. The summed E-state index contributed by atoms with van der Waals surface area (Å²) in [6.45, 7) is 3.36. The van der Waals surface area contributed by atoms with Crippen LogP contribution in [0.3, 0.4) is 0 Å². The maximum Gasteiger partial charge on any atom is 0.253 e. The molecule has 2 aromatic carbocycles. The molecule has 0 spiro atoms. The molecule has 3 aromatic rings. The highest BCUT2D eigenvalue weighted by atomic mass is 79.9. The summed E-state index contributed by atoms with van der Waals surface area (Å²) in [6.07, 6.45) is 1.76. The first-order valence-electron chi connectivity index (χ1n) is 8.61. The molecule has 1 aliphatic rings. The fourth-order valence-corrected chi connectivity index (χ4v) is 3.59. The van der Waals surface area contributed by atoms with Gasteiger partial charge in [-0.3, -0.25) is 9.78 Å². The quantitative estimate of drug-likeness (QED) is 0.648. The molecule has 1 fully saturated rings. The van der Waals surface area contributed by atoms with E-state index >= 15 is 0 Å². The van der Waals surface area contributed by atoms with Gasteiger partial charge in [-0.25, -0.2) is 4.98 Å². The largest absolute Gasteiger partial charge is 0.336 e. The molecule has 2 heterocycles. The molecule has 1 amide bonds. The van der Waals surface area contributed by atoms with Crippen molar-refractivity contribution < 1.29 is 4.79 Å². The van der Waals surface area contributed by atoms with Gasteiger partial charge in [0.05, 0.1) is 17.4 Å². The molecule has 132 valence electrons. The number of aromatic nitrogens is 2. The molecule has 4 rings (SSSR count). The lowest BCUT2D eigenvalue weighted by Crippen LogP contribution is -2.47. The van der Waals surface area contributed by atoms with Crippen LogP contribution in [0.4, 0.5) is 0 Å². The van der Waals surface area contributed by atoms with E-state index in [1.807, 2.05) is 47.4 Å². The van der Waals surface area contributed by atoms with Crippen molar-refractivity contribution in [2.75, 3.05) is 33.2 Å². The Morgan fingerprint density at radius 3 is 2.65 bits per heavy atom. The van der Waals surface area contributed by atoms with Crippen LogP contribution < -0.4 is 0 Å². The highest BCUT2D eigenvalue weighted by Crippen LogP contribution is 2.25. The molecule has 6 heteroatoms. The number of carbonyl (C=O) groups excluding carboxylic acids is 1. The second kappa shape index (κ2) is 7.13. The number of carbonyl (C=O) groups is 1. The lowest BCUT2D eigenvalue weighted by atomic mass is 10.1. The van der Waals surface area contributed by atoms with Gasteiger partial charge in [-0.05, 0) is 47.2 Å².